The van der Waals surface area contributed by atoms with Gasteiger partial charge in [0.25, 0.3) is 0 Å². The van der Waals surface area contributed by atoms with Crippen LogP contribution in [0.15, 0.2) is 4.99 Å². The van der Waals surface area contributed by atoms with Gasteiger partial charge in [-0.3, -0.25) is 4.99 Å². The van der Waals surface area contributed by atoms with Crippen molar-refractivity contribution in [1.82, 2.24) is 4.90 Å². The van der Waals surface area contributed by atoms with Crippen molar-refractivity contribution < 1.29 is 0 Å². The normalized spacial score (nSPS) is 13.1. The van der Waals surface area contributed by atoms with Gasteiger partial charge in [0, 0.05) is 14.1 Å². The molecule has 1 atom stereocenters. The Kier molecular flexibility index (Phi) is 3.45. The second kappa shape index (κ2) is 3.90. The lowest BCUT2D eigenvalue weighted by Crippen LogP contribution is -2.25. The molecule has 50 valence electrons. The minimum Gasteiger partial charge on any atom is -0.350 e. The number of nitrogens with zero attached hydrogens (tertiary/aromatic N) is 3. The van der Waals surface area contributed by atoms with Crippen molar-refractivity contribution in [3.8, 4) is 6.07 Å². The van der Waals surface area contributed by atoms with E-state index in [1.54, 1.807) is 18.3 Å². The van der Waals surface area contributed by atoms with Crippen LogP contribution in [0.3, 0.4) is 0 Å². The zero-order chi connectivity index (χ0) is 7.28. The highest BCUT2D eigenvalue weighted by Gasteiger charge is 2.00. The molecule has 0 saturated heterocycles. The maximum atomic E-state index is 8.38. The van der Waals surface area contributed by atoms with Crippen LogP contribution in [-0.2, 0) is 0 Å². The van der Waals surface area contributed by atoms with Crippen LogP contribution < -0.4 is 0 Å². The number of hydrogen-bond donors (Lipinski definition) is 0. The standard InChI is InChI=1S/C6H11N3/c1-6(4-7)9(3)5-8-2/h5-6H,1-3H3. The van der Waals surface area contributed by atoms with Gasteiger partial charge in [-0.05, 0) is 6.92 Å². The Hall–Kier alpha value is -1.04. The van der Waals surface area contributed by atoms with Crippen molar-refractivity contribution in [2.75, 3.05) is 14.1 Å². The summed E-state index contributed by atoms with van der Waals surface area (Å²) in [5, 5.41) is 8.38. The number of rotatable bonds is 2. The largest absolute Gasteiger partial charge is 0.350 e. The summed E-state index contributed by atoms with van der Waals surface area (Å²) >= 11 is 0. The third-order valence-electron chi connectivity index (χ3n) is 1.10. The van der Waals surface area contributed by atoms with Crippen molar-refractivity contribution >= 4 is 6.34 Å². The molecule has 3 heteroatoms. The number of aliphatic imine (C=N–C) groups is 1. The van der Waals surface area contributed by atoms with E-state index in [-0.39, 0.29) is 6.04 Å². The topological polar surface area (TPSA) is 39.4 Å². The highest BCUT2D eigenvalue weighted by Crippen LogP contribution is 1.87. The molecule has 0 rings (SSSR count). The van der Waals surface area contributed by atoms with Crippen LogP contribution in [0.25, 0.3) is 0 Å². The fraction of sp³-hybridized carbons (Fsp3) is 0.667. The summed E-state index contributed by atoms with van der Waals surface area (Å²) in [6, 6.07) is 1.99. The van der Waals surface area contributed by atoms with Gasteiger partial charge in [-0.15, -0.1) is 0 Å². The summed E-state index contributed by atoms with van der Waals surface area (Å²) in [6.07, 6.45) is 1.63. The van der Waals surface area contributed by atoms with Crippen LogP contribution >= 0.6 is 0 Å². The zero-order valence-electron chi connectivity index (χ0n) is 6.00. The van der Waals surface area contributed by atoms with E-state index in [9.17, 15) is 0 Å². The van der Waals surface area contributed by atoms with Crippen LogP contribution in [0.5, 0.6) is 0 Å². The van der Waals surface area contributed by atoms with Crippen LogP contribution in [0.2, 0.25) is 0 Å². The van der Waals surface area contributed by atoms with Crippen LogP contribution in [0.1, 0.15) is 6.92 Å². The van der Waals surface area contributed by atoms with E-state index in [4.69, 9.17) is 5.26 Å². The molecule has 3 nitrogen and oxygen atoms in total. The second-order valence-corrected chi connectivity index (χ2v) is 1.84. The van der Waals surface area contributed by atoms with Gasteiger partial charge in [0.1, 0.15) is 6.04 Å². The predicted octanol–water partition coefficient (Wildman–Crippen LogP) is 0.488. The van der Waals surface area contributed by atoms with E-state index in [1.807, 2.05) is 14.0 Å². The first-order valence-electron chi connectivity index (χ1n) is 2.76. The molecule has 0 aliphatic rings. The minimum atomic E-state index is -0.0892. The lowest BCUT2D eigenvalue weighted by atomic mass is 10.4. The number of nitriles is 1. The third-order valence-corrected chi connectivity index (χ3v) is 1.10. The Labute approximate surface area is 55.6 Å². The predicted molar refractivity (Wildman–Crippen MR) is 37.3 cm³/mol. The summed E-state index contributed by atoms with van der Waals surface area (Å²) in [5.74, 6) is 0. The second-order valence-electron chi connectivity index (χ2n) is 1.84. The van der Waals surface area contributed by atoms with Crippen molar-refractivity contribution in [3.63, 3.8) is 0 Å². The molecule has 0 saturated carbocycles. The quantitative estimate of drug-likeness (QED) is 0.398. The maximum absolute atomic E-state index is 8.38. The van der Waals surface area contributed by atoms with Gasteiger partial charge in [-0.25, -0.2) is 0 Å². The minimum absolute atomic E-state index is 0.0892. The molecule has 0 fully saturated rings. The van der Waals surface area contributed by atoms with E-state index < -0.39 is 0 Å². The van der Waals surface area contributed by atoms with Gasteiger partial charge in [-0.1, -0.05) is 0 Å². The Balaban J connectivity index is 3.75. The van der Waals surface area contributed by atoms with E-state index in [2.05, 4.69) is 11.1 Å². The van der Waals surface area contributed by atoms with Crippen molar-refractivity contribution in [3.05, 3.63) is 0 Å². The summed E-state index contributed by atoms with van der Waals surface area (Å²) < 4.78 is 0. The highest BCUT2D eigenvalue weighted by molar-refractivity contribution is 5.55. The van der Waals surface area contributed by atoms with Crippen LogP contribution in [0, 0.1) is 11.3 Å². The van der Waals surface area contributed by atoms with E-state index in [0.717, 1.165) is 0 Å². The van der Waals surface area contributed by atoms with Crippen LogP contribution in [-0.4, -0.2) is 31.4 Å². The molecular weight excluding hydrogens is 114 g/mol. The Morgan fingerprint density at radius 3 is 2.67 bits per heavy atom. The Morgan fingerprint density at radius 2 is 2.33 bits per heavy atom. The van der Waals surface area contributed by atoms with E-state index in [1.165, 1.54) is 0 Å². The maximum Gasteiger partial charge on any atom is 0.114 e. The molecule has 0 aromatic carbocycles. The zero-order valence-corrected chi connectivity index (χ0v) is 6.00. The average Bonchev–Trinajstić information content (AvgIpc) is 1.87. The van der Waals surface area contributed by atoms with E-state index >= 15 is 0 Å². The Bertz CT molecular complexity index is 134. The fourth-order valence-corrected chi connectivity index (χ4v) is 0.373. The molecule has 0 amide bonds. The smallest absolute Gasteiger partial charge is 0.114 e. The number of hydrogen-bond acceptors (Lipinski definition) is 2. The molecule has 0 aromatic rings. The van der Waals surface area contributed by atoms with Crippen LogP contribution in [0.4, 0.5) is 0 Å². The van der Waals surface area contributed by atoms with Crippen molar-refractivity contribution in [2.45, 2.75) is 13.0 Å². The molecule has 0 spiro atoms. The summed E-state index contributed by atoms with van der Waals surface area (Å²) in [6.45, 7) is 1.82. The lowest BCUT2D eigenvalue weighted by molar-refractivity contribution is 0.473. The van der Waals surface area contributed by atoms with Crippen molar-refractivity contribution in [2.24, 2.45) is 4.99 Å². The molecule has 0 radical (unpaired) electrons. The first-order valence-corrected chi connectivity index (χ1v) is 2.76. The Morgan fingerprint density at radius 1 is 1.78 bits per heavy atom. The molecule has 0 N–H and O–H groups in total. The van der Waals surface area contributed by atoms with Gasteiger partial charge in [-0.2, -0.15) is 5.26 Å². The summed E-state index contributed by atoms with van der Waals surface area (Å²) in [4.78, 5) is 5.50. The highest BCUT2D eigenvalue weighted by atomic mass is 15.1. The molecule has 1 unspecified atom stereocenters. The van der Waals surface area contributed by atoms with Crippen molar-refractivity contribution in [1.29, 1.82) is 5.26 Å². The van der Waals surface area contributed by atoms with Gasteiger partial charge in [0.05, 0.1) is 12.4 Å². The summed E-state index contributed by atoms with van der Waals surface area (Å²) in [7, 11) is 3.50. The molecule has 0 aromatic heterocycles. The SMILES string of the molecule is CN=CN(C)C(C)C#N. The average molecular weight is 125 g/mol. The molecule has 0 heterocycles. The molecule has 0 aliphatic heterocycles. The monoisotopic (exact) mass is 125 g/mol. The van der Waals surface area contributed by atoms with Gasteiger partial charge in [0.2, 0.25) is 0 Å². The first kappa shape index (κ1) is 7.96. The molecule has 0 aliphatic carbocycles. The van der Waals surface area contributed by atoms with Gasteiger partial charge in [0.15, 0.2) is 0 Å². The van der Waals surface area contributed by atoms with E-state index in [0.29, 0.717) is 0 Å². The summed E-state index contributed by atoms with van der Waals surface area (Å²) in [5.41, 5.74) is 0. The first-order chi connectivity index (χ1) is 4.22. The van der Waals surface area contributed by atoms with Gasteiger partial charge < -0.3 is 4.90 Å². The molecule has 0 bridgehead atoms. The third kappa shape index (κ3) is 2.70. The van der Waals surface area contributed by atoms with Gasteiger partial charge >= 0.3 is 0 Å². The molecular formula is C6H11N3. The lowest BCUT2D eigenvalue weighted by Gasteiger charge is -2.13. The fourth-order valence-electron chi connectivity index (χ4n) is 0.373. The molecule has 9 heavy (non-hydrogen) atoms.